The smallest absolute Gasteiger partial charge is 0.0637 e. The van der Waals surface area contributed by atoms with Crippen molar-refractivity contribution < 1.29 is 18.9 Å². The molecule has 0 rings (SSSR count). The molecule has 0 saturated carbocycles. The van der Waals surface area contributed by atoms with Gasteiger partial charge in [-0.05, 0) is 12.8 Å². The van der Waals surface area contributed by atoms with E-state index in [0.717, 1.165) is 26.1 Å². The van der Waals surface area contributed by atoms with Crippen molar-refractivity contribution in [2.75, 3.05) is 65.9 Å². The van der Waals surface area contributed by atoms with Crippen LogP contribution >= 0.6 is 0 Å². The molecule has 0 unspecified atom stereocenters. The fraction of sp³-hybridized carbons (Fsp3) is 1.00. The first-order valence-corrected chi connectivity index (χ1v) is 7.95. The fourth-order valence-corrected chi connectivity index (χ4v) is 1.86. The molecule has 0 aliphatic rings. The van der Waals surface area contributed by atoms with Gasteiger partial charge in [0.25, 0.3) is 0 Å². The molecular weight excluding hydrogens is 272 g/mol. The molecule has 6 nitrogen and oxygen atoms in total. The van der Waals surface area contributed by atoms with Crippen molar-refractivity contribution in [3.05, 3.63) is 0 Å². The number of hydrogen-bond acceptors (Lipinski definition) is 6. The van der Waals surface area contributed by atoms with Crippen LogP contribution in [-0.4, -0.2) is 65.9 Å². The second kappa shape index (κ2) is 14.7. The summed E-state index contributed by atoms with van der Waals surface area (Å²) in [6, 6.07) is 0. The van der Waals surface area contributed by atoms with Gasteiger partial charge in [0.1, 0.15) is 0 Å². The van der Waals surface area contributed by atoms with Crippen LogP contribution < -0.4 is 11.5 Å². The van der Waals surface area contributed by atoms with E-state index in [2.05, 4.69) is 13.8 Å². The van der Waals surface area contributed by atoms with E-state index in [0.29, 0.717) is 52.7 Å². The van der Waals surface area contributed by atoms with Gasteiger partial charge in [-0.15, -0.1) is 0 Å². The Morgan fingerprint density at radius 2 is 0.952 bits per heavy atom. The van der Waals surface area contributed by atoms with Crippen LogP contribution in [0.25, 0.3) is 0 Å². The van der Waals surface area contributed by atoms with E-state index in [1.54, 1.807) is 0 Å². The molecule has 0 radical (unpaired) electrons. The first-order chi connectivity index (χ1) is 10.2. The lowest BCUT2D eigenvalue weighted by Gasteiger charge is -2.33. The second-order valence-electron chi connectivity index (χ2n) is 5.29. The van der Waals surface area contributed by atoms with Crippen LogP contribution in [0, 0.1) is 5.41 Å². The number of rotatable bonds is 16. The third-order valence-electron chi connectivity index (χ3n) is 2.85. The molecule has 0 spiro atoms. The third kappa shape index (κ3) is 11.0. The van der Waals surface area contributed by atoms with Gasteiger partial charge >= 0.3 is 0 Å². The Kier molecular flexibility index (Phi) is 14.5. The highest BCUT2D eigenvalue weighted by atomic mass is 16.5. The van der Waals surface area contributed by atoms with E-state index in [1.807, 2.05) is 0 Å². The maximum absolute atomic E-state index is 5.74. The molecule has 6 heteroatoms. The SMILES string of the molecule is CCCOCC(COCCC)(COCCN)COCCN. The van der Waals surface area contributed by atoms with E-state index in [-0.39, 0.29) is 5.41 Å². The lowest BCUT2D eigenvalue weighted by molar-refractivity contribution is -0.105. The lowest BCUT2D eigenvalue weighted by atomic mass is 9.92. The zero-order chi connectivity index (χ0) is 15.8. The minimum Gasteiger partial charge on any atom is -0.381 e. The van der Waals surface area contributed by atoms with Crippen LogP contribution in [-0.2, 0) is 18.9 Å². The van der Waals surface area contributed by atoms with Crippen LogP contribution in [0.15, 0.2) is 0 Å². The molecule has 0 aromatic rings. The largest absolute Gasteiger partial charge is 0.381 e. The van der Waals surface area contributed by atoms with Crippen molar-refractivity contribution in [2.45, 2.75) is 26.7 Å². The van der Waals surface area contributed by atoms with Gasteiger partial charge in [-0.1, -0.05) is 13.8 Å². The van der Waals surface area contributed by atoms with Gasteiger partial charge in [0.2, 0.25) is 0 Å². The van der Waals surface area contributed by atoms with E-state index >= 15 is 0 Å². The molecule has 0 atom stereocenters. The van der Waals surface area contributed by atoms with Crippen LogP contribution in [0.1, 0.15) is 26.7 Å². The Balaban J connectivity index is 4.52. The molecule has 0 aromatic carbocycles. The quantitative estimate of drug-likeness (QED) is 0.410. The summed E-state index contributed by atoms with van der Waals surface area (Å²) >= 11 is 0. The van der Waals surface area contributed by atoms with Crippen molar-refractivity contribution in [1.82, 2.24) is 0 Å². The van der Waals surface area contributed by atoms with Gasteiger partial charge in [-0.3, -0.25) is 0 Å². The van der Waals surface area contributed by atoms with Crippen molar-refractivity contribution in [1.29, 1.82) is 0 Å². The maximum atomic E-state index is 5.74. The Morgan fingerprint density at radius 3 is 1.24 bits per heavy atom. The molecular formula is C15H34N2O4. The van der Waals surface area contributed by atoms with Gasteiger partial charge in [-0.2, -0.15) is 0 Å². The molecule has 0 amide bonds. The van der Waals surface area contributed by atoms with Crippen molar-refractivity contribution in [2.24, 2.45) is 16.9 Å². The first kappa shape index (κ1) is 20.8. The van der Waals surface area contributed by atoms with Gasteiger partial charge in [0, 0.05) is 26.3 Å². The second-order valence-corrected chi connectivity index (χ2v) is 5.29. The molecule has 0 aromatic heterocycles. The van der Waals surface area contributed by atoms with Gasteiger partial charge in [0.05, 0.1) is 45.1 Å². The third-order valence-corrected chi connectivity index (χ3v) is 2.85. The number of nitrogens with two attached hydrogens (primary N) is 2. The Labute approximate surface area is 129 Å². The van der Waals surface area contributed by atoms with Crippen molar-refractivity contribution in [3.8, 4) is 0 Å². The molecule has 0 fully saturated rings. The Hall–Kier alpha value is -0.240. The normalized spacial score (nSPS) is 12.0. The van der Waals surface area contributed by atoms with Crippen molar-refractivity contribution >= 4 is 0 Å². The van der Waals surface area contributed by atoms with Gasteiger partial charge in [0.15, 0.2) is 0 Å². The predicted molar refractivity (Wildman–Crippen MR) is 84.4 cm³/mol. The monoisotopic (exact) mass is 306 g/mol. The Bertz CT molecular complexity index is 172. The fourth-order valence-electron chi connectivity index (χ4n) is 1.86. The highest BCUT2D eigenvalue weighted by Gasteiger charge is 2.32. The highest BCUT2D eigenvalue weighted by Crippen LogP contribution is 2.21. The number of ether oxygens (including phenoxy) is 4. The maximum Gasteiger partial charge on any atom is 0.0637 e. The average Bonchev–Trinajstić information content (AvgIpc) is 2.48. The van der Waals surface area contributed by atoms with Crippen LogP contribution in [0.4, 0.5) is 0 Å². The van der Waals surface area contributed by atoms with Crippen LogP contribution in [0.5, 0.6) is 0 Å². The molecule has 0 saturated heterocycles. The summed E-state index contributed by atoms with van der Waals surface area (Å²) < 4.78 is 22.8. The van der Waals surface area contributed by atoms with E-state index in [9.17, 15) is 0 Å². The van der Waals surface area contributed by atoms with E-state index in [1.165, 1.54) is 0 Å². The molecule has 0 heterocycles. The average molecular weight is 306 g/mol. The summed E-state index contributed by atoms with van der Waals surface area (Å²) in [5.41, 5.74) is 10.7. The molecule has 4 N–H and O–H groups in total. The summed E-state index contributed by atoms with van der Waals surface area (Å²) in [6.07, 6.45) is 1.97. The molecule has 0 aliphatic carbocycles. The topological polar surface area (TPSA) is 89.0 Å². The lowest BCUT2D eigenvalue weighted by Crippen LogP contribution is -2.42. The summed E-state index contributed by atoms with van der Waals surface area (Å²) in [7, 11) is 0. The summed E-state index contributed by atoms with van der Waals surface area (Å²) in [6.45, 7) is 9.84. The highest BCUT2D eigenvalue weighted by molar-refractivity contribution is 4.79. The standard InChI is InChI=1S/C15H34N2O4/c1-3-7-18-11-15(12-19-8-4-2,13-20-9-5-16)14-21-10-6-17/h3-14,16-17H2,1-2H3. The van der Waals surface area contributed by atoms with Gasteiger partial charge < -0.3 is 30.4 Å². The van der Waals surface area contributed by atoms with Crippen LogP contribution in [0.2, 0.25) is 0 Å². The predicted octanol–water partition coefficient (Wildman–Crippen LogP) is 0.777. The summed E-state index contributed by atoms with van der Waals surface area (Å²) in [5.74, 6) is 0. The minimum atomic E-state index is -0.297. The van der Waals surface area contributed by atoms with Crippen LogP contribution in [0.3, 0.4) is 0 Å². The minimum absolute atomic E-state index is 0.297. The summed E-state index contributed by atoms with van der Waals surface area (Å²) in [5, 5.41) is 0. The van der Waals surface area contributed by atoms with E-state index in [4.69, 9.17) is 30.4 Å². The van der Waals surface area contributed by atoms with Crippen molar-refractivity contribution in [3.63, 3.8) is 0 Å². The first-order valence-electron chi connectivity index (χ1n) is 7.95. The molecule has 128 valence electrons. The van der Waals surface area contributed by atoms with Gasteiger partial charge in [-0.25, -0.2) is 0 Å². The molecule has 21 heavy (non-hydrogen) atoms. The Morgan fingerprint density at radius 1 is 0.619 bits per heavy atom. The zero-order valence-corrected chi connectivity index (χ0v) is 13.8. The molecule has 0 bridgehead atoms. The number of hydrogen-bond donors (Lipinski definition) is 2. The zero-order valence-electron chi connectivity index (χ0n) is 13.8. The summed E-state index contributed by atoms with van der Waals surface area (Å²) in [4.78, 5) is 0. The van der Waals surface area contributed by atoms with E-state index < -0.39 is 0 Å². The molecule has 0 aliphatic heterocycles.